The number of alkyl halides is 2. The summed E-state index contributed by atoms with van der Waals surface area (Å²) in [6.07, 6.45) is 2.78. The van der Waals surface area contributed by atoms with Gasteiger partial charge in [0.2, 0.25) is 5.91 Å². The van der Waals surface area contributed by atoms with Crippen molar-refractivity contribution in [3.8, 4) is 11.4 Å². The molecule has 1 N–H and O–H groups in total. The van der Waals surface area contributed by atoms with Crippen LogP contribution in [0.3, 0.4) is 0 Å². The van der Waals surface area contributed by atoms with Crippen LogP contribution in [0.4, 0.5) is 14.5 Å². The van der Waals surface area contributed by atoms with Gasteiger partial charge >= 0.3 is 6.61 Å². The number of anilines is 1. The van der Waals surface area contributed by atoms with Gasteiger partial charge in [0.1, 0.15) is 17.6 Å². The fourth-order valence-corrected chi connectivity index (χ4v) is 4.87. The number of ether oxygens (including phenoxy) is 1. The molecule has 3 aromatic rings. The zero-order valence-corrected chi connectivity index (χ0v) is 20.6. The van der Waals surface area contributed by atoms with Gasteiger partial charge in [-0.05, 0) is 56.3 Å². The van der Waals surface area contributed by atoms with Gasteiger partial charge in [0.25, 0.3) is 5.56 Å². The Balaban J connectivity index is 1.48. The Kier molecular flexibility index (Phi) is 6.32. The number of halogens is 3. The Bertz CT molecular complexity index is 1340. The molecule has 1 saturated heterocycles. The van der Waals surface area contributed by atoms with Crippen LogP contribution in [-0.2, 0) is 4.79 Å². The van der Waals surface area contributed by atoms with E-state index in [1.165, 1.54) is 29.1 Å². The number of carbonyl (C=O) groups excluding carboxylic acids is 1. The largest absolute Gasteiger partial charge is 0.433 e. The summed E-state index contributed by atoms with van der Waals surface area (Å²) < 4.78 is 33.0. The van der Waals surface area contributed by atoms with Crippen LogP contribution in [0.2, 0.25) is 0 Å². The first kappa shape index (κ1) is 23.8. The van der Waals surface area contributed by atoms with E-state index in [9.17, 15) is 18.4 Å². The molecule has 0 spiro atoms. The van der Waals surface area contributed by atoms with Gasteiger partial charge in [0, 0.05) is 30.7 Å². The molecular weight excluding hydrogens is 524 g/mol. The molecule has 1 aromatic heterocycles. The Morgan fingerprint density at radius 1 is 1.14 bits per heavy atom. The van der Waals surface area contributed by atoms with E-state index in [0.29, 0.717) is 29.4 Å². The monoisotopic (exact) mass is 547 g/mol. The second-order valence-corrected chi connectivity index (χ2v) is 9.83. The Morgan fingerprint density at radius 3 is 2.57 bits per heavy atom. The van der Waals surface area contributed by atoms with Crippen LogP contribution in [0, 0.1) is 0 Å². The van der Waals surface area contributed by atoms with Gasteiger partial charge in [0.15, 0.2) is 0 Å². The Labute approximate surface area is 208 Å². The molecule has 2 aromatic carbocycles. The maximum atomic E-state index is 13.3. The van der Waals surface area contributed by atoms with Crippen LogP contribution in [0.1, 0.15) is 12.8 Å². The molecule has 0 radical (unpaired) electrons. The number of benzene rings is 2. The first-order chi connectivity index (χ1) is 16.8. The number of fused-ring (bicyclic) bond motifs is 1. The van der Waals surface area contributed by atoms with Crippen molar-refractivity contribution in [2.75, 3.05) is 38.5 Å². The Morgan fingerprint density at radius 2 is 1.89 bits per heavy atom. The van der Waals surface area contributed by atoms with Crippen molar-refractivity contribution in [1.82, 2.24) is 19.4 Å². The molecule has 1 aliphatic carbocycles. The van der Waals surface area contributed by atoms with Crippen molar-refractivity contribution in [2.24, 2.45) is 0 Å². The minimum absolute atomic E-state index is 0.0796. The van der Waals surface area contributed by atoms with Crippen molar-refractivity contribution in [2.45, 2.75) is 25.0 Å². The lowest BCUT2D eigenvalue weighted by Crippen LogP contribution is -2.54. The van der Waals surface area contributed by atoms with E-state index >= 15 is 0 Å². The highest BCUT2D eigenvalue weighted by molar-refractivity contribution is 9.10. The Hall–Kier alpha value is -2.89. The fourth-order valence-electron chi connectivity index (χ4n) is 4.52. The van der Waals surface area contributed by atoms with Crippen molar-refractivity contribution in [1.29, 1.82) is 0 Å². The number of hydrogen-bond acceptors (Lipinski definition) is 6. The highest BCUT2D eigenvalue weighted by Gasteiger charge is 2.54. The first-order valence-corrected chi connectivity index (χ1v) is 12.1. The minimum Gasteiger partial charge on any atom is -0.433 e. The lowest BCUT2D eigenvalue weighted by molar-refractivity contribution is -0.123. The molecule has 0 unspecified atom stereocenters. The first-order valence-electron chi connectivity index (χ1n) is 11.3. The number of rotatable bonds is 6. The molecule has 11 heteroatoms. The number of amides is 1. The average molecular weight is 548 g/mol. The summed E-state index contributed by atoms with van der Waals surface area (Å²) in [4.78, 5) is 35.1. The van der Waals surface area contributed by atoms with Crippen molar-refractivity contribution >= 4 is 38.4 Å². The third-order valence-corrected chi connectivity index (χ3v) is 7.17. The summed E-state index contributed by atoms with van der Waals surface area (Å²) >= 11 is 3.36. The number of nitrogens with one attached hydrogen (secondary N) is 1. The SMILES string of the molecule is CN1CCN(C2(C(=O)Nc3cc(-n4cnc5cc(Br)ccc5c4=O)ccc3OC(F)F)CC2)CC1. The van der Waals surface area contributed by atoms with E-state index in [1.54, 1.807) is 18.2 Å². The second kappa shape index (κ2) is 9.29. The van der Waals surface area contributed by atoms with E-state index in [4.69, 9.17) is 0 Å². The van der Waals surface area contributed by atoms with E-state index in [2.05, 4.69) is 40.8 Å². The van der Waals surface area contributed by atoms with Crippen LogP contribution in [0.5, 0.6) is 5.75 Å². The molecular formula is C24H24BrF2N5O3. The molecule has 0 bridgehead atoms. The third kappa shape index (κ3) is 4.67. The van der Waals surface area contributed by atoms with Gasteiger partial charge in [-0.3, -0.25) is 19.1 Å². The summed E-state index contributed by atoms with van der Waals surface area (Å²) in [5, 5.41) is 3.21. The molecule has 2 aliphatic rings. The van der Waals surface area contributed by atoms with E-state index < -0.39 is 12.2 Å². The fraction of sp³-hybridized carbons (Fsp3) is 0.375. The highest BCUT2D eigenvalue weighted by atomic mass is 79.9. The molecule has 2 fully saturated rings. The van der Waals surface area contributed by atoms with Gasteiger partial charge in [-0.2, -0.15) is 8.78 Å². The maximum absolute atomic E-state index is 13.3. The zero-order chi connectivity index (χ0) is 24.7. The van der Waals surface area contributed by atoms with Crippen molar-refractivity contribution < 1.29 is 18.3 Å². The summed E-state index contributed by atoms with van der Waals surface area (Å²) in [5.41, 5.74) is 0.00594. The van der Waals surface area contributed by atoms with Gasteiger partial charge < -0.3 is 15.0 Å². The molecule has 2 heterocycles. The summed E-state index contributed by atoms with van der Waals surface area (Å²) in [6.45, 7) is 0.182. The standard InChI is InChI=1S/C24H24BrF2N5O3/c1-30-8-10-31(11-9-30)24(6-7-24)22(34)29-19-13-16(3-5-20(19)35-23(26)27)32-14-28-18-12-15(25)2-4-17(18)21(32)33/h2-5,12-14,23H,6-11H2,1H3,(H,29,34). The van der Waals surface area contributed by atoms with Crippen LogP contribution >= 0.6 is 15.9 Å². The zero-order valence-electron chi connectivity index (χ0n) is 19.0. The molecule has 1 aliphatic heterocycles. The third-order valence-electron chi connectivity index (χ3n) is 6.68. The molecule has 1 amide bonds. The molecule has 8 nitrogen and oxygen atoms in total. The van der Waals surface area contributed by atoms with Gasteiger partial charge in [0.05, 0.1) is 22.3 Å². The number of nitrogens with zero attached hydrogens (tertiary/aromatic N) is 4. The molecule has 0 atom stereocenters. The predicted octanol–water partition coefficient (Wildman–Crippen LogP) is 3.47. The normalized spacial score (nSPS) is 18.1. The van der Waals surface area contributed by atoms with Crippen molar-refractivity contribution in [3.63, 3.8) is 0 Å². The molecule has 5 rings (SSSR count). The maximum Gasteiger partial charge on any atom is 0.387 e. The number of piperazine rings is 1. The van der Waals surface area contributed by atoms with Crippen LogP contribution in [-0.4, -0.2) is 70.6 Å². The number of likely N-dealkylation sites (N-methyl/N-ethyl adjacent to an activating group) is 1. The quantitative estimate of drug-likeness (QED) is 0.509. The summed E-state index contributed by atoms with van der Waals surface area (Å²) in [7, 11) is 2.04. The summed E-state index contributed by atoms with van der Waals surface area (Å²) in [5.74, 6) is -0.427. The topological polar surface area (TPSA) is 79.7 Å². The van der Waals surface area contributed by atoms with Crippen LogP contribution in [0.15, 0.2) is 52.0 Å². The summed E-state index contributed by atoms with van der Waals surface area (Å²) in [6, 6.07) is 9.41. The smallest absolute Gasteiger partial charge is 0.387 e. The van der Waals surface area contributed by atoms with Gasteiger partial charge in [-0.1, -0.05) is 15.9 Å². The number of carbonyl (C=O) groups is 1. The van der Waals surface area contributed by atoms with Gasteiger partial charge in [-0.25, -0.2) is 4.98 Å². The molecule has 184 valence electrons. The van der Waals surface area contributed by atoms with Crippen LogP contribution in [0.25, 0.3) is 16.6 Å². The number of hydrogen-bond donors (Lipinski definition) is 1. The number of aromatic nitrogens is 2. The molecule has 35 heavy (non-hydrogen) atoms. The lowest BCUT2D eigenvalue weighted by Gasteiger charge is -2.37. The van der Waals surface area contributed by atoms with Gasteiger partial charge in [-0.15, -0.1) is 0 Å². The molecule has 1 saturated carbocycles. The second-order valence-electron chi connectivity index (χ2n) is 8.92. The minimum atomic E-state index is -3.06. The van der Waals surface area contributed by atoms with E-state index in [0.717, 1.165) is 30.7 Å². The van der Waals surface area contributed by atoms with Crippen LogP contribution < -0.4 is 15.6 Å². The van der Waals surface area contributed by atoms with Crippen molar-refractivity contribution in [3.05, 3.63) is 57.6 Å². The predicted molar refractivity (Wildman–Crippen MR) is 131 cm³/mol. The average Bonchev–Trinajstić information content (AvgIpc) is 3.63. The van der Waals surface area contributed by atoms with E-state index in [-0.39, 0.29) is 22.9 Å². The lowest BCUT2D eigenvalue weighted by atomic mass is 10.1. The van der Waals surface area contributed by atoms with E-state index in [1.807, 2.05) is 7.05 Å². The highest BCUT2D eigenvalue weighted by Crippen LogP contribution is 2.44.